The Balaban J connectivity index is 2.31. The smallest absolute Gasteiger partial charge is 0.320 e. The second-order valence-corrected chi connectivity index (χ2v) is 5.63. The first-order valence-electron chi connectivity index (χ1n) is 7.80. The summed E-state index contributed by atoms with van der Waals surface area (Å²) in [5.74, 6) is 0.151. The number of carboxylic acids is 1. The summed E-state index contributed by atoms with van der Waals surface area (Å²) in [5.41, 5.74) is 1.11. The fourth-order valence-electron chi connectivity index (χ4n) is 3.27. The van der Waals surface area contributed by atoms with Crippen LogP contribution in [0.25, 0.3) is 0 Å². The molecule has 0 bridgehead atoms. The maximum atomic E-state index is 11.5. The summed E-state index contributed by atoms with van der Waals surface area (Å²) in [7, 11) is 1.67. The average molecular weight is 291 g/mol. The molecule has 21 heavy (non-hydrogen) atoms. The van der Waals surface area contributed by atoms with Crippen LogP contribution in [0.1, 0.15) is 50.6 Å². The van der Waals surface area contributed by atoms with Gasteiger partial charge in [0.1, 0.15) is 11.8 Å². The number of methoxy groups -OCH3 is 1. The third kappa shape index (κ3) is 3.56. The number of carboxylic acid groups (broad SMARTS) is 1. The van der Waals surface area contributed by atoms with Gasteiger partial charge < -0.3 is 9.84 Å². The highest BCUT2D eigenvalue weighted by atomic mass is 16.5. The van der Waals surface area contributed by atoms with Crippen molar-refractivity contribution in [3.8, 4) is 5.75 Å². The summed E-state index contributed by atoms with van der Waals surface area (Å²) in [6.07, 6.45) is 4.87. The van der Waals surface area contributed by atoms with Crippen molar-refractivity contribution in [2.24, 2.45) is 0 Å². The molecule has 0 saturated carbocycles. The maximum Gasteiger partial charge on any atom is 0.320 e. The third-order valence-electron chi connectivity index (χ3n) is 4.31. The molecule has 2 rings (SSSR count). The van der Waals surface area contributed by atoms with Gasteiger partial charge in [-0.1, -0.05) is 38.0 Å². The lowest BCUT2D eigenvalue weighted by molar-refractivity contribution is -0.143. The van der Waals surface area contributed by atoms with E-state index in [-0.39, 0.29) is 12.1 Å². The van der Waals surface area contributed by atoms with Crippen molar-refractivity contribution in [2.75, 3.05) is 13.7 Å². The van der Waals surface area contributed by atoms with Crippen molar-refractivity contribution in [2.45, 2.75) is 51.1 Å². The molecule has 1 N–H and O–H groups in total. The number of para-hydroxylation sites is 1. The van der Waals surface area contributed by atoms with Gasteiger partial charge in [-0.05, 0) is 31.9 Å². The zero-order valence-corrected chi connectivity index (χ0v) is 12.9. The van der Waals surface area contributed by atoms with Crippen molar-refractivity contribution >= 4 is 5.97 Å². The number of hydrogen-bond acceptors (Lipinski definition) is 3. The predicted octanol–water partition coefficient (Wildman–Crippen LogP) is 3.48. The Hall–Kier alpha value is -1.55. The molecule has 2 atom stereocenters. The topological polar surface area (TPSA) is 49.8 Å². The Morgan fingerprint density at radius 2 is 2.24 bits per heavy atom. The molecule has 4 nitrogen and oxygen atoms in total. The van der Waals surface area contributed by atoms with Crippen LogP contribution >= 0.6 is 0 Å². The highest BCUT2D eigenvalue weighted by Gasteiger charge is 2.36. The van der Waals surface area contributed by atoms with Gasteiger partial charge in [0.05, 0.1) is 7.11 Å². The quantitative estimate of drug-likeness (QED) is 0.835. The minimum atomic E-state index is -0.705. The third-order valence-corrected chi connectivity index (χ3v) is 4.31. The predicted molar refractivity (Wildman–Crippen MR) is 82.6 cm³/mol. The van der Waals surface area contributed by atoms with Crippen LogP contribution in [0, 0.1) is 0 Å². The number of unbranched alkanes of at least 4 members (excludes halogenated alkanes) is 1. The molecule has 2 unspecified atom stereocenters. The standard InChI is InChI=1S/C17H25NO3/c1-3-4-9-14(13-8-5-6-11-16(13)21-2)18-12-7-10-15(18)17(19)20/h5-6,8,11,14-15H,3-4,7,9-10,12H2,1-2H3,(H,19,20). The van der Waals surface area contributed by atoms with Gasteiger partial charge in [0.25, 0.3) is 0 Å². The molecular formula is C17H25NO3. The molecule has 1 aromatic rings. The van der Waals surface area contributed by atoms with Crippen LogP contribution in [-0.2, 0) is 4.79 Å². The zero-order chi connectivity index (χ0) is 15.2. The Morgan fingerprint density at radius 3 is 2.90 bits per heavy atom. The Bertz CT molecular complexity index is 475. The molecule has 0 amide bonds. The van der Waals surface area contributed by atoms with Crippen LogP contribution in [0.15, 0.2) is 24.3 Å². The van der Waals surface area contributed by atoms with Crippen LogP contribution in [0.5, 0.6) is 5.75 Å². The number of nitrogens with zero attached hydrogens (tertiary/aromatic N) is 1. The average Bonchev–Trinajstić information content (AvgIpc) is 2.98. The van der Waals surface area contributed by atoms with Crippen LogP contribution in [-0.4, -0.2) is 35.7 Å². The fourth-order valence-corrected chi connectivity index (χ4v) is 3.27. The van der Waals surface area contributed by atoms with E-state index in [4.69, 9.17) is 4.74 Å². The van der Waals surface area contributed by atoms with Gasteiger partial charge in [0.15, 0.2) is 0 Å². The monoisotopic (exact) mass is 291 g/mol. The maximum absolute atomic E-state index is 11.5. The lowest BCUT2D eigenvalue weighted by atomic mass is 9.97. The summed E-state index contributed by atoms with van der Waals surface area (Å²) in [6, 6.07) is 7.75. The largest absolute Gasteiger partial charge is 0.496 e. The van der Waals surface area contributed by atoms with E-state index in [9.17, 15) is 9.90 Å². The van der Waals surface area contributed by atoms with E-state index in [1.54, 1.807) is 7.11 Å². The Kier molecular flexibility index (Phi) is 5.62. The number of aliphatic carboxylic acids is 1. The van der Waals surface area contributed by atoms with E-state index < -0.39 is 5.97 Å². The number of ether oxygens (including phenoxy) is 1. The van der Waals surface area contributed by atoms with Gasteiger partial charge in [-0.3, -0.25) is 9.69 Å². The first kappa shape index (κ1) is 15.8. The molecule has 116 valence electrons. The van der Waals surface area contributed by atoms with E-state index in [1.807, 2.05) is 18.2 Å². The van der Waals surface area contributed by atoms with Crippen LogP contribution < -0.4 is 4.74 Å². The summed E-state index contributed by atoms with van der Waals surface area (Å²) in [6.45, 7) is 3.02. The van der Waals surface area contributed by atoms with E-state index in [0.717, 1.165) is 50.0 Å². The van der Waals surface area contributed by atoms with Crippen molar-refractivity contribution in [1.29, 1.82) is 0 Å². The number of hydrogen-bond donors (Lipinski definition) is 1. The molecule has 1 aromatic carbocycles. The summed E-state index contributed by atoms with van der Waals surface area (Å²) in [5, 5.41) is 9.46. The number of carbonyl (C=O) groups is 1. The number of benzene rings is 1. The second kappa shape index (κ2) is 7.46. The zero-order valence-electron chi connectivity index (χ0n) is 12.9. The van der Waals surface area contributed by atoms with E-state index in [0.29, 0.717) is 0 Å². The lowest BCUT2D eigenvalue weighted by Gasteiger charge is -2.32. The van der Waals surface area contributed by atoms with Crippen molar-refractivity contribution in [1.82, 2.24) is 4.90 Å². The molecular weight excluding hydrogens is 266 g/mol. The highest BCUT2D eigenvalue weighted by molar-refractivity contribution is 5.74. The Labute approximate surface area is 126 Å². The second-order valence-electron chi connectivity index (χ2n) is 5.63. The van der Waals surface area contributed by atoms with Gasteiger partial charge >= 0.3 is 5.97 Å². The van der Waals surface area contributed by atoms with Crippen LogP contribution in [0.2, 0.25) is 0 Å². The molecule has 0 aromatic heterocycles. The SMILES string of the molecule is CCCCC(c1ccccc1OC)N1CCCC1C(=O)O. The Morgan fingerprint density at radius 1 is 1.48 bits per heavy atom. The van der Waals surface area contributed by atoms with E-state index in [2.05, 4.69) is 17.9 Å². The molecule has 0 spiro atoms. The summed E-state index contributed by atoms with van der Waals surface area (Å²) < 4.78 is 5.49. The van der Waals surface area contributed by atoms with Crippen LogP contribution in [0.4, 0.5) is 0 Å². The molecule has 1 aliphatic rings. The minimum Gasteiger partial charge on any atom is -0.496 e. The lowest BCUT2D eigenvalue weighted by Crippen LogP contribution is -2.38. The first-order chi connectivity index (χ1) is 10.2. The van der Waals surface area contributed by atoms with Crippen LogP contribution in [0.3, 0.4) is 0 Å². The highest BCUT2D eigenvalue weighted by Crippen LogP contribution is 2.37. The van der Waals surface area contributed by atoms with Gasteiger partial charge in [-0.2, -0.15) is 0 Å². The normalized spacial score (nSPS) is 20.4. The van der Waals surface area contributed by atoms with Gasteiger partial charge in [-0.25, -0.2) is 0 Å². The molecule has 4 heteroatoms. The van der Waals surface area contributed by atoms with E-state index >= 15 is 0 Å². The van der Waals surface area contributed by atoms with Crippen molar-refractivity contribution < 1.29 is 14.6 Å². The van der Waals surface area contributed by atoms with Gasteiger partial charge in [-0.15, -0.1) is 0 Å². The molecule has 0 radical (unpaired) electrons. The number of rotatable bonds is 7. The van der Waals surface area contributed by atoms with Gasteiger partial charge in [0, 0.05) is 11.6 Å². The molecule has 1 heterocycles. The number of likely N-dealkylation sites (tertiary alicyclic amines) is 1. The molecule has 1 fully saturated rings. The fraction of sp³-hybridized carbons (Fsp3) is 0.588. The molecule has 0 aliphatic carbocycles. The van der Waals surface area contributed by atoms with Gasteiger partial charge in [0.2, 0.25) is 0 Å². The van der Waals surface area contributed by atoms with Crippen molar-refractivity contribution in [3.63, 3.8) is 0 Å². The molecule has 1 saturated heterocycles. The summed E-state index contributed by atoms with van der Waals surface area (Å²) in [4.78, 5) is 13.7. The van der Waals surface area contributed by atoms with Crippen molar-refractivity contribution in [3.05, 3.63) is 29.8 Å². The minimum absolute atomic E-state index is 0.129. The van der Waals surface area contributed by atoms with E-state index in [1.165, 1.54) is 0 Å². The first-order valence-corrected chi connectivity index (χ1v) is 7.80. The summed E-state index contributed by atoms with van der Waals surface area (Å²) >= 11 is 0. The molecule has 1 aliphatic heterocycles.